The fraction of sp³-hybridized carbons (Fsp3) is 0.529. The smallest absolute Gasteiger partial charge is 0.259 e. The van der Waals surface area contributed by atoms with E-state index in [0.29, 0.717) is 5.65 Å². The molecule has 2 aromatic rings. The van der Waals surface area contributed by atoms with E-state index in [4.69, 9.17) is 4.74 Å². The maximum atomic E-state index is 12.2. The van der Waals surface area contributed by atoms with Crippen LogP contribution >= 0.6 is 0 Å². The molecule has 0 aromatic carbocycles. The van der Waals surface area contributed by atoms with Crippen molar-refractivity contribution < 1.29 is 4.74 Å². The van der Waals surface area contributed by atoms with Gasteiger partial charge in [-0.05, 0) is 26.0 Å². The highest BCUT2D eigenvalue weighted by Crippen LogP contribution is 2.12. The number of anilines is 1. The average molecular weight is 316 g/mol. The van der Waals surface area contributed by atoms with E-state index in [1.807, 2.05) is 30.1 Å². The van der Waals surface area contributed by atoms with E-state index in [-0.39, 0.29) is 17.8 Å². The first kappa shape index (κ1) is 16.0. The number of morpholine rings is 1. The van der Waals surface area contributed by atoms with Crippen molar-refractivity contribution in [2.45, 2.75) is 26.1 Å². The molecular weight excluding hydrogens is 292 g/mol. The second-order valence-corrected chi connectivity index (χ2v) is 6.32. The fourth-order valence-corrected chi connectivity index (χ4v) is 3.11. The molecule has 1 fully saturated rings. The van der Waals surface area contributed by atoms with Crippen LogP contribution in [0.1, 0.15) is 13.8 Å². The van der Waals surface area contributed by atoms with Gasteiger partial charge in [0.1, 0.15) is 11.5 Å². The van der Waals surface area contributed by atoms with Crippen LogP contribution in [-0.4, -0.2) is 59.7 Å². The van der Waals surface area contributed by atoms with E-state index < -0.39 is 0 Å². The molecule has 124 valence electrons. The molecule has 0 spiro atoms. The summed E-state index contributed by atoms with van der Waals surface area (Å²) in [6, 6.07) is 7.17. The Bertz CT molecular complexity index is 720. The summed E-state index contributed by atoms with van der Waals surface area (Å²) < 4.78 is 7.32. The summed E-state index contributed by atoms with van der Waals surface area (Å²) in [5.74, 6) is 0.718. The zero-order valence-corrected chi connectivity index (χ0v) is 14.0. The van der Waals surface area contributed by atoms with Gasteiger partial charge in [-0.3, -0.25) is 14.1 Å². The Morgan fingerprint density at radius 3 is 2.78 bits per heavy atom. The molecule has 1 saturated heterocycles. The van der Waals surface area contributed by atoms with Gasteiger partial charge in [-0.1, -0.05) is 6.07 Å². The van der Waals surface area contributed by atoms with Crippen LogP contribution in [0.5, 0.6) is 0 Å². The topological polar surface area (TPSA) is 50.1 Å². The van der Waals surface area contributed by atoms with Crippen molar-refractivity contribution in [1.82, 2.24) is 14.3 Å². The molecule has 1 aliphatic heterocycles. The van der Waals surface area contributed by atoms with Gasteiger partial charge < -0.3 is 9.64 Å². The maximum Gasteiger partial charge on any atom is 0.259 e. The Morgan fingerprint density at radius 2 is 2.04 bits per heavy atom. The van der Waals surface area contributed by atoms with Crippen LogP contribution in [0.3, 0.4) is 0 Å². The van der Waals surface area contributed by atoms with Crippen LogP contribution in [0.2, 0.25) is 0 Å². The molecule has 23 heavy (non-hydrogen) atoms. The van der Waals surface area contributed by atoms with Gasteiger partial charge in [0.25, 0.3) is 5.56 Å². The van der Waals surface area contributed by atoms with Crippen LogP contribution < -0.4 is 10.5 Å². The van der Waals surface area contributed by atoms with E-state index in [2.05, 4.69) is 23.7 Å². The number of likely N-dealkylation sites (N-methyl/N-ethyl adjacent to an activating group) is 1. The molecule has 0 unspecified atom stereocenters. The monoisotopic (exact) mass is 316 g/mol. The van der Waals surface area contributed by atoms with Gasteiger partial charge in [-0.15, -0.1) is 0 Å². The van der Waals surface area contributed by atoms with E-state index in [0.717, 1.165) is 32.0 Å². The summed E-state index contributed by atoms with van der Waals surface area (Å²) in [5.41, 5.74) is 0.626. The molecule has 2 atom stereocenters. The lowest BCUT2D eigenvalue weighted by Gasteiger charge is -2.36. The fourth-order valence-electron chi connectivity index (χ4n) is 3.11. The van der Waals surface area contributed by atoms with Crippen molar-refractivity contribution in [3.05, 3.63) is 40.8 Å². The lowest BCUT2D eigenvalue weighted by Crippen LogP contribution is -2.47. The Labute approximate surface area is 136 Å². The first-order valence-electron chi connectivity index (χ1n) is 8.10. The van der Waals surface area contributed by atoms with Crippen molar-refractivity contribution in [3.8, 4) is 0 Å². The summed E-state index contributed by atoms with van der Waals surface area (Å²) in [6.07, 6.45) is 2.28. The predicted octanol–water partition coefficient (Wildman–Crippen LogP) is 1.24. The van der Waals surface area contributed by atoms with Gasteiger partial charge in [-0.25, -0.2) is 4.98 Å². The Balaban J connectivity index is 1.68. The van der Waals surface area contributed by atoms with Crippen LogP contribution in [-0.2, 0) is 4.74 Å². The van der Waals surface area contributed by atoms with Crippen LogP contribution in [0.25, 0.3) is 5.65 Å². The van der Waals surface area contributed by atoms with Crippen molar-refractivity contribution in [1.29, 1.82) is 0 Å². The third-order valence-corrected chi connectivity index (χ3v) is 4.20. The summed E-state index contributed by atoms with van der Waals surface area (Å²) in [5, 5.41) is 0. The summed E-state index contributed by atoms with van der Waals surface area (Å²) in [4.78, 5) is 21.2. The Morgan fingerprint density at radius 1 is 1.30 bits per heavy atom. The minimum absolute atomic E-state index is 0.0499. The Kier molecular flexibility index (Phi) is 4.63. The minimum Gasteiger partial charge on any atom is -0.373 e. The van der Waals surface area contributed by atoms with Crippen LogP contribution in [0.4, 0.5) is 5.82 Å². The number of hydrogen-bond donors (Lipinski definition) is 0. The van der Waals surface area contributed by atoms with Crippen molar-refractivity contribution in [3.63, 3.8) is 0 Å². The average Bonchev–Trinajstić information content (AvgIpc) is 2.51. The molecule has 0 amide bonds. The summed E-state index contributed by atoms with van der Waals surface area (Å²) in [7, 11) is 1.98. The van der Waals surface area contributed by atoms with Gasteiger partial charge in [-0.2, -0.15) is 0 Å². The quantitative estimate of drug-likeness (QED) is 0.849. The number of rotatable bonds is 4. The molecule has 0 aliphatic carbocycles. The van der Waals surface area contributed by atoms with Gasteiger partial charge in [0.15, 0.2) is 0 Å². The third kappa shape index (κ3) is 3.71. The van der Waals surface area contributed by atoms with Gasteiger partial charge >= 0.3 is 0 Å². The van der Waals surface area contributed by atoms with Crippen molar-refractivity contribution in [2.75, 3.05) is 38.1 Å². The third-order valence-electron chi connectivity index (χ3n) is 4.20. The summed E-state index contributed by atoms with van der Waals surface area (Å²) in [6.45, 7) is 7.88. The van der Waals surface area contributed by atoms with Gasteiger partial charge in [0.2, 0.25) is 0 Å². The molecule has 1 aliphatic rings. The standard InChI is InChI=1S/C17H24N4O2/c1-13-11-20(12-14(2)23-13)9-8-19(3)16-10-17(22)21-7-5-4-6-15(21)18-16/h4-7,10,13-14H,8-9,11-12H2,1-3H3/t13-,14+. The van der Waals surface area contributed by atoms with Crippen LogP contribution in [0, 0.1) is 0 Å². The number of hydrogen-bond acceptors (Lipinski definition) is 5. The highest BCUT2D eigenvalue weighted by atomic mass is 16.5. The van der Waals surface area contributed by atoms with Crippen LogP contribution in [0.15, 0.2) is 35.3 Å². The highest BCUT2D eigenvalue weighted by Gasteiger charge is 2.22. The molecule has 3 rings (SSSR count). The number of fused-ring (bicyclic) bond motifs is 1. The molecule has 0 N–H and O–H groups in total. The number of pyridine rings is 1. The molecular formula is C17H24N4O2. The lowest BCUT2D eigenvalue weighted by atomic mass is 10.2. The normalized spacial score (nSPS) is 22.4. The first-order valence-corrected chi connectivity index (χ1v) is 8.10. The van der Waals surface area contributed by atoms with E-state index in [1.54, 1.807) is 16.7 Å². The van der Waals surface area contributed by atoms with E-state index >= 15 is 0 Å². The number of nitrogens with zero attached hydrogens (tertiary/aromatic N) is 4. The first-order chi connectivity index (χ1) is 11.0. The molecule has 6 nitrogen and oxygen atoms in total. The molecule has 3 heterocycles. The molecule has 0 radical (unpaired) electrons. The van der Waals surface area contributed by atoms with Crippen molar-refractivity contribution in [2.24, 2.45) is 0 Å². The molecule has 0 saturated carbocycles. The van der Waals surface area contributed by atoms with Crippen molar-refractivity contribution >= 4 is 11.5 Å². The molecule has 6 heteroatoms. The largest absolute Gasteiger partial charge is 0.373 e. The number of aromatic nitrogens is 2. The number of ether oxygens (including phenoxy) is 1. The van der Waals surface area contributed by atoms with E-state index in [9.17, 15) is 4.79 Å². The maximum absolute atomic E-state index is 12.2. The second-order valence-electron chi connectivity index (χ2n) is 6.32. The Hall–Kier alpha value is -1.92. The SMILES string of the molecule is C[C@@H]1CN(CCN(C)c2cc(=O)n3ccccc3n2)C[C@H](C)O1. The molecule has 0 bridgehead atoms. The zero-order valence-electron chi connectivity index (χ0n) is 14.0. The summed E-state index contributed by atoms with van der Waals surface area (Å²) >= 11 is 0. The van der Waals surface area contributed by atoms with Gasteiger partial charge in [0.05, 0.1) is 12.2 Å². The van der Waals surface area contributed by atoms with Gasteiger partial charge in [0, 0.05) is 45.5 Å². The molecule has 2 aromatic heterocycles. The minimum atomic E-state index is -0.0499. The highest BCUT2D eigenvalue weighted by molar-refractivity contribution is 5.47. The second kappa shape index (κ2) is 6.68. The van der Waals surface area contributed by atoms with E-state index in [1.165, 1.54) is 0 Å². The zero-order chi connectivity index (χ0) is 16.4. The predicted molar refractivity (Wildman–Crippen MR) is 91.2 cm³/mol. The lowest BCUT2D eigenvalue weighted by molar-refractivity contribution is -0.0670.